The number of aromatic amines is 1. The highest BCUT2D eigenvalue weighted by molar-refractivity contribution is 5.72. The molecule has 0 aliphatic rings. The first-order valence-corrected chi connectivity index (χ1v) is 8.99. The number of unbranched alkanes of at least 4 members (excludes halogenated alkanes) is 1. The number of rotatable bonds is 9. The molecule has 0 fully saturated rings. The maximum absolute atomic E-state index is 11.4. The van der Waals surface area contributed by atoms with Gasteiger partial charge < -0.3 is 25.9 Å². The number of ether oxygens (including phenoxy) is 1. The molecule has 11 heteroatoms. The molecule has 1 atom stereocenters. The van der Waals surface area contributed by atoms with E-state index >= 15 is 0 Å². The third kappa shape index (κ3) is 9.86. The van der Waals surface area contributed by atoms with Crippen LogP contribution in [0.1, 0.15) is 30.5 Å². The van der Waals surface area contributed by atoms with Crippen LogP contribution in [-0.2, 0) is 16.1 Å². The number of H-pyrrole nitrogens is 1. The number of carboxylic acids is 1. The molecule has 0 aliphatic heterocycles. The molecule has 160 valence electrons. The van der Waals surface area contributed by atoms with Crippen molar-refractivity contribution in [1.82, 2.24) is 10.3 Å². The van der Waals surface area contributed by atoms with Crippen molar-refractivity contribution in [3.05, 3.63) is 64.0 Å². The summed E-state index contributed by atoms with van der Waals surface area (Å²) in [5.74, 6) is -1.04. The minimum Gasteiger partial charge on any atom is -0.480 e. The molecule has 0 unspecified atom stereocenters. The standard InChI is InChI=1S/C14H19N3O6.C5H4N2/c15-12(13(18)19)3-1-2-8-16-14(20)23-9-10-4-6-11(7-5-10)17(21)22;6-4-5-2-1-3-7-5/h4-7,12H,1-3,8-9,15H2,(H,16,20)(H,18,19);1-3,7H/t12-;/m0./s1. The van der Waals surface area contributed by atoms with Crippen LogP contribution in [0.25, 0.3) is 0 Å². The number of nitro benzene ring substituents is 1. The number of nitrogens with two attached hydrogens (primary N) is 1. The number of non-ortho nitro benzene ring substituents is 1. The summed E-state index contributed by atoms with van der Waals surface area (Å²) in [4.78, 5) is 34.7. The highest BCUT2D eigenvalue weighted by Gasteiger charge is 2.10. The molecule has 1 amide bonds. The molecule has 5 N–H and O–H groups in total. The molecule has 2 aromatic rings. The van der Waals surface area contributed by atoms with Crippen LogP contribution in [0.3, 0.4) is 0 Å². The number of nitrogens with zero attached hydrogens (tertiary/aromatic N) is 2. The monoisotopic (exact) mass is 417 g/mol. The van der Waals surface area contributed by atoms with Crippen LogP contribution in [0.2, 0.25) is 0 Å². The van der Waals surface area contributed by atoms with E-state index in [9.17, 15) is 19.7 Å². The second kappa shape index (κ2) is 13.3. The predicted molar refractivity (Wildman–Crippen MR) is 106 cm³/mol. The first-order chi connectivity index (χ1) is 14.3. The zero-order chi connectivity index (χ0) is 22.4. The largest absolute Gasteiger partial charge is 0.480 e. The Morgan fingerprint density at radius 2 is 2.00 bits per heavy atom. The van der Waals surface area contributed by atoms with Crippen molar-refractivity contribution in [3.8, 4) is 6.07 Å². The highest BCUT2D eigenvalue weighted by atomic mass is 16.6. The quantitative estimate of drug-likeness (QED) is 0.272. The number of amides is 1. The molecule has 11 nitrogen and oxygen atoms in total. The van der Waals surface area contributed by atoms with Crippen molar-refractivity contribution in [3.63, 3.8) is 0 Å². The van der Waals surface area contributed by atoms with Crippen LogP contribution in [0.5, 0.6) is 0 Å². The fraction of sp³-hybridized carbons (Fsp3) is 0.316. The number of hydrogen-bond acceptors (Lipinski definition) is 7. The lowest BCUT2D eigenvalue weighted by molar-refractivity contribution is -0.384. The van der Waals surface area contributed by atoms with E-state index in [-0.39, 0.29) is 12.3 Å². The van der Waals surface area contributed by atoms with E-state index in [1.54, 1.807) is 18.3 Å². The number of carboxylic acid groups (broad SMARTS) is 1. The number of aliphatic carboxylic acids is 1. The number of benzene rings is 1. The Hall–Kier alpha value is -3.91. The van der Waals surface area contributed by atoms with Crippen LogP contribution in [0.4, 0.5) is 10.5 Å². The summed E-state index contributed by atoms with van der Waals surface area (Å²) in [5.41, 5.74) is 6.56. The van der Waals surface area contributed by atoms with Crippen molar-refractivity contribution in [2.45, 2.75) is 31.9 Å². The topological polar surface area (TPSA) is 184 Å². The third-order valence-corrected chi connectivity index (χ3v) is 3.76. The molecule has 0 radical (unpaired) electrons. The van der Waals surface area contributed by atoms with Gasteiger partial charge in [0.1, 0.15) is 24.4 Å². The van der Waals surface area contributed by atoms with Crippen molar-refractivity contribution in [1.29, 1.82) is 5.26 Å². The predicted octanol–water partition coefficient (Wildman–Crippen LogP) is 2.29. The Bertz CT molecular complexity index is 845. The Balaban J connectivity index is 0.000000539. The van der Waals surface area contributed by atoms with Crippen LogP contribution in [0.15, 0.2) is 42.6 Å². The van der Waals surface area contributed by atoms with Crippen LogP contribution < -0.4 is 11.1 Å². The summed E-state index contributed by atoms with van der Waals surface area (Å²) >= 11 is 0. The molecule has 2 rings (SSSR count). The molecule has 0 aliphatic carbocycles. The number of carbonyl (C=O) groups excluding carboxylic acids is 1. The zero-order valence-corrected chi connectivity index (χ0v) is 16.1. The van der Waals surface area contributed by atoms with Gasteiger partial charge in [0.05, 0.1) is 4.92 Å². The fourth-order valence-electron chi connectivity index (χ4n) is 2.12. The van der Waals surface area contributed by atoms with E-state index in [4.69, 9.17) is 20.8 Å². The second-order valence-corrected chi connectivity index (χ2v) is 6.06. The highest BCUT2D eigenvalue weighted by Crippen LogP contribution is 2.12. The summed E-state index contributed by atoms with van der Waals surface area (Å²) in [6, 6.07) is 10.3. The van der Waals surface area contributed by atoms with Crippen molar-refractivity contribution in [2.24, 2.45) is 5.73 Å². The van der Waals surface area contributed by atoms with Crippen molar-refractivity contribution in [2.75, 3.05) is 6.54 Å². The number of nitrogens with one attached hydrogen (secondary N) is 2. The number of carbonyl (C=O) groups is 2. The SMILES string of the molecule is N#Cc1ccc[nH]1.N[C@@H](CCCCNC(=O)OCc1ccc([N+](=O)[O-])cc1)C(=O)O. The first-order valence-electron chi connectivity index (χ1n) is 8.99. The lowest BCUT2D eigenvalue weighted by Gasteiger charge is -2.08. The van der Waals surface area contributed by atoms with Gasteiger partial charge in [-0.05, 0) is 49.1 Å². The van der Waals surface area contributed by atoms with Gasteiger partial charge in [-0.25, -0.2) is 4.79 Å². The lowest BCUT2D eigenvalue weighted by atomic mass is 10.1. The van der Waals surface area contributed by atoms with Gasteiger partial charge >= 0.3 is 12.1 Å². The molecule has 0 saturated heterocycles. The summed E-state index contributed by atoms with van der Waals surface area (Å²) < 4.78 is 4.96. The van der Waals surface area contributed by atoms with Crippen LogP contribution in [-0.4, -0.2) is 39.7 Å². The molecule has 1 aromatic heterocycles. The normalized spacial score (nSPS) is 10.7. The van der Waals surface area contributed by atoms with Gasteiger partial charge in [-0.3, -0.25) is 14.9 Å². The third-order valence-electron chi connectivity index (χ3n) is 3.76. The van der Waals surface area contributed by atoms with Gasteiger partial charge in [-0.2, -0.15) is 5.26 Å². The Morgan fingerprint density at radius 1 is 1.30 bits per heavy atom. The van der Waals surface area contributed by atoms with Gasteiger partial charge in [0.25, 0.3) is 5.69 Å². The van der Waals surface area contributed by atoms with Gasteiger partial charge in [-0.1, -0.05) is 0 Å². The van der Waals surface area contributed by atoms with Crippen molar-refractivity contribution < 1.29 is 24.4 Å². The summed E-state index contributed by atoms with van der Waals surface area (Å²) in [5, 5.41) is 29.8. The van der Waals surface area contributed by atoms with Gasteiger partial charge in [0.15, 0.2) is 0 Å². The van der Waals surface area contributed by atoms with Gasteiger partial charge in [-0.15, -0.1) is 0 Å². The van der Waals surface area contributed by atoms with E-state index in [0.29, 0.717) is 37.1 Å². The Morgan fingerprint density at radius 3 is 2.50 bits per heavy atom. The van der Waals surface area contributed by atoms with Crippen LogP contribution >= 0.6 is 0 Å². The minimum atomic E-state index is -1.04. The Kier molecular flexibility index (Phi) is 10.7. The maximum atomic E-state index is 11.4. The second-order valence-electron chi connectivity index (χ2n) is 6.06. The molecular weight excluding hydrogens is 394 g/mol. The Labute approximate surface area is 172 Å². The van der Waals surface area contributed by atoms with E-state index < -0.39 is 23.0 Å². The molecule has 0 spiro atoms. The van der Waals surface area contributed by atoms with E-state index in [2.05, 4.69) is 10.3 Å². The van der Waals surface area contributed by atoms with E-state index in [0.717, 1.165) is 0 Å². The molecular formula is C19H23N5O6. The smallest absolute Gasteiger partial charge is 0.407 e. The number of alkyl carbamates (subject to hydrolysis) is 1. The van der Waals surface area contributed by atoms with Gasteiger partial charge in [0, 0.05) is 24.9 Å². The molecule has 1 heterocycles. The number of nitriles is 1. The average Bonchev–Trinajstić information content (AvgIpc) is 3.26. The molecule has 0 saturated carbocycles. The summed E-state index contributed by atoms with van der Waals surface area (Å²) in [6.07, 6.45) is 2.63. The first kappa shape index (κ1) is 24.1. The van der Waals surface area contributed by atoms with Crippen LogP contribution in [0, 0.1) is 21.4 Å². The minimum absolute atomic E-state index is 0.00765. The maximum Gasteiger partial charge on any atom is 0.407 e. The summed E-state index contributed by atoms with van der Waals surface area (Å²) in [7, 11) is 0. The molecule has 1 aromatic carbocycles. The van der Waals surface area contributed by atoms with Crippen molar-refractivity contribution >= 4 is 17.7 Å². The number of aromatic nitrogens is 1. The van der Waals surface area contributed by atoms with E-state index in [1.165, 1.54) is 24.3 Å². The van der Waals surface area contributed by atoms with Gasteiger partial charge in [0.2, 0.25) is 0 Å². The molecule has 0 bridgehead atoms. The zero-order valence-electron chi connectivity index (χ0n) is 16.1. The lowest BCUT2D eigenvalue weighted by Crippen LogP contribution is -2.30. The average molecular weight is 417 g/mol. The fourth-order valence-corrected chi connectivity index (χ4v) is 2.12. The van der Waals surface area contributed by atoms with E-state index in [1.807, 2.05) is 6.07 Å². The number of nitro groups is 1. The summed E-state index contributed by atoms with van der Waals surface area (Å²) in [6.45, 7) is 0.360. The number of hydrogen-bond donors (Lipinski definition) is 4. The molecule has 30 heavy (non-hydrogen) atoms.